The van der Waals surface area contributed by atoms with E-state index in [1.54, 1.807) is 19.9 Å². The SMILES string of the molecule is CC(C)(O)[C@H](Nc1nc(N2CCC(c3ccc(Cl)cc3)CC2)nc2c1[S+]([O-])CC2)C1=CC=C(F)CC1. The predicted octanol–water partition coefficient (Wildman–Crippen LogP) is 5.30. The topological polar surface area (TPSA) is 84.3 Å². The van der Waals surface area contributed by atoms with E-state index in [0.717, 1.165) is 42.2 Å². The molecule has 0 amide bonds. The van der Waals surface area contributed by atoms with E-state index in [-0.39, 0.29) is 5.83 Å². The number of rotatable bonds is 6. The largest absolute Gasteiger partial charge is 0.611 e. The quantitative estimate of drug-likeness (QED) is 0.493. The number of fused-ring (bicyclic) bond motifs is 1. The van der Waals surface area contributed by atoms with E-state index in [0.29, 0.717) is 47.6 Å². The molecule has 1 fully saturated rings. The molecular formula is C27H32ClFN4O2S. The molecular weight excluding hydrogens is 499 g/mol. The van der Waals surface area contributed by atoms with Crippen molar-refractivity contribution in [2.75, 3.05) is 29.1 Å². The molecule has 36 heavy (non-hydrogen) atoms. The van der Waals surface area contributed by atoms with Gasteiger partial charge in [0.05, 0.1) is 11.6 Å². The van der Waals surface area contributed by atoms with Crippen LogP contribution in [0.15, 0.2) is 52.7 Å². The summed E-state index contributed by atoms with van der Waals surface area (Å²) in [7, 11) is 0. The van der Waals surface area contributed by atoms with Crippen LogP contribution in [0.4, 0.5) is 16.2 Å². The molecule has 1 aromatic heterocycles. The van der Waals surface area contributed by atoms with Crippen molar-refractivity contribution in [3.05, 3.63) is 64.1 Å². The summed E-state index contributed by atoms with van der Waals surface area (Å²) in [6.07, 6.45) is 6.60. The number of halogens is 2. The minimum atomic E-state index is -1.20. The zero-order valence-corrected chi connectivity index (χ0v) is 22.2. The van der Waals surface area contributed by atoms with Gasteiger partial charge < -0.3 is 19.9 Å². The van der Waals surface area contributed by atoms with Crippen molar-refractivity contribution < 1.29 is 14.0 Å². The van der Waals surface area contributed by atoms with Gasteiger partial charge in [0.15, 0.2) is 5.82 Å². The fraction of sp³-hybridized carbons (Fsp3) is 0.481. The van der Waals surface area contributed by atoms with Crippen LogP contribution < -0.4 is 10.2 Å². The fourth-order valence-corrected chi connectivity index (χ4v) is 6.74. The Morgan fingerprint density at radius 3 is 2.50 bits per heavy atom. The minimum absolute atomic E-state index is 0.165. The monoisotopic (exact) mass is 530 g/mol. The summed E-state index contributed by atoms with van der Waals surface area (Å²) in [4.78, 5) is 12.5. The average Bonchev–Trinajstić information content (AvgIpc) is 3.24. The summed E-state index contributed by atoms with van der Waals surface area (Å²) < 4.78 is 26.5. The Bertz CT molecular complexity index is 1170. The minimum Gasteiger partial charge on any atom is -0.611 e. The number of aromatic nitrogens is 2. The molecule has 2 N–H and O–H groups in total. The third-order valence-corrected chi connectivity index (χ3v) is 9.00. The summed E-state index contributed by atoms with van der Waals surface area (Å²) in [5.41, 5.74) is 1.86. The van der Waals surface area contributed by atoms with Gasteiger partial charge in [-0.1, -0.05) is 29.8 Å². The van der Waals surface area contributed by atoms with Crippen LogP contribution >= 0.6 is 11.6 Å². The summed E-state index contributed by atoms with van der Waals surface area (Å²) in [6.45, 7) is 5.08. The molecule has 1 saturated heterocycles. The number of aryl methyl sites for hydroxylation is 1. The van der Waals surface area contributed by atoms with Crippen molar-refractivity contribution in [2.24, 2.45) is 0 Å². The van der Waals surface area contributed by atoms with Gasteiger partial charge in [-0.2, -0.15) is 4.98 Å². The Hall–Kier alpha value is -2.13. The van der Waals surface area contributed by atoms with E-state index >= 15 is 0 Å². The Morgan fingerprint density at radius 2 is 1.86 bits per heavy atom. The van der Waals surface area contributed by atoms with Crippen LogP contribution in [-0.2, 0) is 17.6 Å². The Morgan fingerprint density at radius 1 is 1.14 bits per heavy atom. The number of nitrogens with zero attached hydrogens (tertiary/aromatic N) is 3. The van der Waals surface area contributed by atoms with Crippen molar-refractivity contribution in [3.63, 3.8) is 0 Å². The molecule has 3 aliphatic rings. The fourth-order valence-electron chi connectivity index (χ4n) is 5.30. The van der Waals surface area contributed by atoms with E-state index in [1.165, 1.54) is 11.6 Å². The van der Waals surface area contributed by atoms with E-state index in [1.807, 2.05) is 12.1 Å². The molecule has 0 bridgehead atoms. The second kappa shape index (κ2) is 10.3. The van der Waals surface area contributed by atoms with Crippen LogP contribution in [0.5, 0.6) is 0 Å². The first kappa shape index (κ1) is 25.5. The molecule has 1 aromatic carbocycles. The van der Waals surface area contributed by atoms with Gasteiger partial charge in [-0.25, -0.2) is 9.37 Å². The third-order valence-electron chi connectivity index (χ3n) is 7.28. The number of nitrogens with one attached hydrogen (secondary N) is 1. The van der Waals surface area contributed by atoms with Gasteiger partial charge in [-0.3, -0.25) is 0 Å². The maximum absolute atomic E-state index is 13.6. The third kappa shape index (κ3) is 5.42. The van der Waals surface area contributed by atoms with Gasteiger partial charge in [0.2, 0.25) is 10.8 Å². The number of anilines is 2. The molecule has 3 heterocycles. The maximum Gasteiger partial charge on any atom is 0.227 e. The lowest BCUT2D eigenvalue weighted by Crippen LogP contribution is -2.44. The van der Waals surface area contributed by atoms with Crippen LogP contribution in [0.25, 0.3) is 0 Å². The molecule has 192 valence electrons. The highest BCUT2D eigenvalue weighted by Gasteiger charge is 2.37. The smallest absolute Gasteiger partial charge is 0.227 e. The number of benzene rings is 1. The van der Waals surface area contributed by atoms with Gasteiger partial charge >= 0.3 is 0 Å². The lowest BCUT2D eigenvalue weighted by molar-refractivity contribution is 0.0686. The molecule has 5 rings (SSSR count). The zero-order valence-electron chi connectivity index (χ0n) is 20.6. The van der Waals surface area contributed by atoms with E-state index in [9.17, 15) is 14.0 Å². The highest BCUT2D eigenvalue weighted by molar-refractivity contribution is 7.91. The van der Waals surface area contributed by atoms with Crippen LogP contribution in [0, 0.1) is 0 Å². The summed E-state index contributed by atoms with van der Waals surface area (Å²) >= 11 is 4.86. The van der Waals surface area contributed by atoms with Crippen molar-refractivity contribution in [1.82, 2.24) is 9.97 Å². The molecule has 6 nitrogen and oxygen atoms in total. The Kier molecular flexibility index (Phi) is 7.32. The first-order valence-corrected chi connectivity index (χ1v) is 14.2. The number of allylic oxidation sites excluding steroid dienone is 3. The van der Waals surface area contributed by atoms with Crippen LogP contribution in [0.3, 0.4) is 0 Å². The first-order chi connectivity index (χ1) is 17.2. The molecule has 0 saturated carbocycles. The summed E-state index contributed by atoms with van der Waals surface area (Å²) in [6, 6.07) is 7.58. The normalized spacial score (nSPS) is 21.6. The number of piperidine rings is 1. The van der Waals surface area contributed by atoms with Crippen molar-refractivity contribution in [2.45, 2.75) is 68.4 Å². The zero-order chi connectivity index (χ0) is 25.4. The molecule has 1 aliphatic carbocycles. The molecule has 0 radical (unpaired) electrons. The van der Waals surface area contributed by atoms with Crippen LogP contribution in [-0.4, -0.2) is 50.1 Å². The molecule has 2 aromatic rings. The summed E-state index contributed by atoms with van der Waals surface area (Å²) in [5, 5.41) is 15.1. The average molecular weight is 531 g/mol. The highest BCUT2D eigenvalue weighted by Crippen LogP contribution is 2.37. The van der Waals surface area contributed by atoms with Crippen molar-refractivity contribution in [1.29, 1.82) is 0 Å². The lowest BCUT2D eigenvalue weighted by Gasteiger charge is -2.35. The summed E-state index contributed by atoms with van der Waals surface area (Å²) in [5.74, 6) is 1.95. The number of aliphatic hydroxyl groups is 1. The van der Waals surface area contributed by atoms with Gasteiger partial charge in [-0.15, -0.1) is 0 Å². The Balaban J connectivity index is 1.40. The van der Waals surface area contributed by atoms with Crippen LogP contribution in [0.2, 0.25) is 5.02 Å². The second-order valence-electron chi connectivity index (χ2n) is 10.3. The predicted molar refractivity (Wildman–Crippen MR) is 143 cm³/mol. The second-order valence-corrected chi connectivity index (χ2v) is 12.3. The molecule has 0 spiro atoms. The van der Waals surface area contributed by atoms with Crippen LogP contribution in [0.1, 0.15) is 56.7 Å². The van der Waals surface area contributed by atoms with E-state index in [4.69, 9.17) is 21.6 Å². The molecule has 9 heteroatoms. The molecule has 2 atom stereocenters. The number of hydrogen-bond acceptors (Lipinski definition) is 6. The van der Waals surface area contributed by atoms with Gasteiger partial charge in [0.1, 0.15) is 17.3 Å². The van der Waals surface area contributed by atoms with Gasteiger partial charge in [0.25, 0.3) is 0 Å². The highest BCUT2D eigenvalue weighted by atomic mass is 35.5. The molecule has 2 aliphatic heterocycles. The maximum atomic E-state index is 13.6. The standard InChI is InChI=1S/C27H32ClFN4O2S/c1-27(2,34)24(19-5-9-21(29)10-6-19)31-25-23-22(13-16-36(23)35)30-26(32-25)33-14-11-18(12-15-33)17-3-7-20(28)8-4-17/h3-5,7-9,18,24,34H,6,10-16H2,1-2H3,(H,30,31,32)/t24-,36?/m1/s1. The Labute approximate surface area is 219 Å². The van der Waals surface area contributed by atoms with E-state index < -0.39 is 22.8 Å². The van der Waals surface area contributed by atoms with Gasteiger partial charge in [0, 0.05) is 31.0 Å². The van der Waals surface area contributed by atoms with Gasteiger partial charge in [-0.05, 0) is 79.5 Å². The first-order valence-electron chi connectivity index (χ1n) is 12.5. The molecule has 1 unspecified atom stereocenters. The van der Waals surface area contributed by atoms with E-state index in [2.05, 4.69) is 22.3 Å². The lowest BCUT2D eigenvalue weighted by atomic mass is 9.87. The van der Waals surface area contributed by atoms with Crippen molar-refractivity contribution >= 4 is 34.5 Å². The van der Waals surface area contributed by atoms with Crippen molar-refractivity contribution in [3.8, 4) is 0 Å². The number of hydrogen-bond donors (Lipinski definition) is 2.